The van der Waals surface area contributed by atoms with E-state index in [4.69, 9.17) is 4.74 Å². The van der Waals surface area contributed by atoms with Crippen LogP contribution in [0.3, 0.4) is 0 Å². The summed E-state index contributed by atoms with van der Waals surface area (Å²) in [6.45, 7) is 2.38. The zero-order chi connectivity index (χ0) is 20.1. The van der Waals surface area contributed by atoms with E-state index in [-0.39, 0.29) is 24.0 Å². The van der Waals surface area contributed by atoms with Crippen molar-refractivity contribution in [3.63, 3.8) is 0 Å². The molecular formula is C21H31N3O4. The molecule has 1 saturated carbocycles. The van der Waals surface area contributed by atoms with Gasteiger partial charge in [0.05, 0.1) is 6.10 Å². The number of hydrogen-bond donors (Lipinski definition) is 2. The van der Waals surface area contributed by atoms with Gasteiger partial charge < -0.3 is 25.0 Å². The van der Waals surface area contributed by atoms with Crippen LogP contribution in [-0.4, -0.2) is 72.8 Å². The van der Waals surface area contributed by atoms with Crippen molar-refractivity contribution in [3.8, 4) is 0 Å². The molecule has 0 radical (unpaired) electrons. The Balaban J connectivity index is 1.49. The largest absolute Gasteiger partial charge is 0.445 e. The van der Waals surface area contributed by atoms with Gasteiger partial charge >= 0.3 is 6.09 Å². The van der Waals surface area contributed by atoms with Crippen LogP contribution < -0.4 is 5.32 Å². The number of alkyl carbamates (subject to hydrolysis) is 1. The van der Waals surface area contributed by atoms with Crippen molar-refractivity contribution < 1.29 is 19.4 Å². The minimum atomic E-state index is -0.646. The second kappa shape index (κ2) is 8.92. The first-order chi connectivity index (χ1) is 13.4. The standard InChI is InChI=1S/C21H31N3O4/c1-23(2)19(26)17(22-20(27)28-15-16-6-4-3-5-7-16)8-12-24-13-11-21(9-10-21)18(25)14-24/h3-7,17-18,25H,8-15H2,1-2H3,(H,22,27)/t17-,18?/m0/s1. The van der Waals surface area contributed by atoms with Gasteiger partial charge in [0.1, 0.15) is 12.6 Å². The van der Waals surface area contributed by atoms with Gasteiger partial charge in [-0.05, 0) is 43.2 Å². The van der Waals surface area contributed by atoms with Crippen LogP contribution in [0.5, 0.6) is 0 Å². The van der Waals surface area contributed by atoms with E-state index in [1.54, 1.807) is 14.1 Å². The molecule has 3 rings (SSSR count). The lowest BCUT2D eigenvalue weighted by Crippen LogP contribution is -2.50. The number of aliphatic hydroxyl groups excluding tert-OH is 1. The fraction of sp³-hybridized carbons (Fsp3) is 0.619. The van der Waals surface area contributed by atoms with E-state index in [1.165, 1.54) is 4.90 Å². The third-order valence-corrected chi connectivity index (χ3v) is 5.93. The van der Waals surface area contributed by atoms with Crippen LogP contribution in [0.25, 0.3) is 0 Å². The molecule has 1 unspecified atom stereocenters. The summed E-state index contributed by atoms with van der Waals surface area (Å²) >= 11 is 0. The maximum Gasteiger partial charge on any atom is 0.408 e. The molecule has 1 saturated heterocycles. The summed E-state index contributed by atoms with van der Waals surface area (Å²) in [6.07, 6.45) is 2.86. The zero-order valence-electron chi connectivity index (χ0n) is 16.8. The number of benzene rings is 1. The van der Waals surface area contributed by atoms with Crippen LogP contribution in [-0.2, 0) is 16.1 Å². The summed E-state index contributed by atoms with van der Waals surface area (Å²) in [6, 6.07) is 8.78. The van der Waals surface area contributed by atoms with E-state index in [0.29, 0.717) is 19.5 Å². The van der Waals surface area contributed by atoms with Crippen LogP contribution in [0, 0.1) is 5.41 Å². The normalized spacial score (nSPS) is 21.8. The minimum Gasteiger partial charge on any atom is -0.445 e. The molecule has 1 aliphatic heterocycles. The number of aliphatic hydroxyl groups is 1. The number of hydrogen-bond acceptors (Lipinski definition) is 5. The van der Waals surface area contributed by atoms with Crippen LogP contribution in [0.4, 0.5) is 4.79 Å². The Labute approximate surface area is 166 Å². The molecule has 1 heterocycles. The van der Waals surface area contributed by atoms with Crippen molar-refractivity contribution in [1.29, 1.82) is 0 Å². The number of amides is 2. The van der Waals surface area contributed by atoms with E-state index >= 15 is 0 Å². The average molecular weight is 389 g/mol. The molecule has 28 heavy (non-hydrogen) atoms. The lowest BCUT2D eigenvalue weighted by molar-refractivity contribution is -0.131. The second-order valence-electron chi connectivity index (χ2n) is 8.21. The average Bonchev–Trinajstić information content (AvgIpc) is 3.47. The minimum absolute atomic E-state index is 0.159. The molecule has 0 bridgehead atoms. The van der Waals surface area contributed by atoms with E-state index < -0.39 is 12.1 Å². The molecular weight excluding hydrogens is 358 g/mol. The summed E-state index contributed by atoms with van der Waals surface area (Å²) in [4.78, 5) is 28.3. The van der Waals surface area contributed by atoms with Crippen molar-refractivity contribution in [2.45, 2.75) is 44.4 Å². The number of nitrogens with one attached hydrogen (secondary N) is 1. The maximum absolute atomic E-state index is 12.5. The van der Waals surface area contributed by atoms with Gasteiger partial charge in [0.15, 0.2) is 0 Å². The lowest BCUT2D eigenvalue weighted by atomic mass is 9.90. The molecule has 1 aromatic carbocycles. The van der Waals surface area contributed by atoms with Gasteiger partial charge in [-0.25, -0.2) is 4.79 Å². The van der Waals surface area contributed by atoms with Gasteiger partial charge in [-0.1, -0.05) is 30.3 Å². The van der Waals surface area contributed by atoms with Crippen LogP contribution in [0.2, 0.25) is 0 Å². The molecule has 1 aliphatic carbocycles. The van der Waals surface area contributed by atoms with Gasteiger partial charge in [0, 0.05) is 27.2 Å². The van der Waals surface area contributed by atoms with E-state index in [2.05, 4.69) is 10.2 Å². The number of rotatable bonds is 7. The number of likely N-dealkylation sites (tertiary alicyclic amines) is 1. The van der Waals surface area contributed by atoms with Crippen molar-refractivity contribution in [3.05, 3.63) is 35.9 Å². The zero-order valence-corrected chi connectivity index (χ0v) is 16.8. The highest BCUT2D eigenvalue weighted by Crippen LogP contribution is 2.53. The topological polar surface area (TPSA) is 82.1 Å². The summed E-state index contributed by atoms with van der Waals surface area (Å²) in [5.41, 5.74) is 1.05. The van der Waals surface area contributed by atoms with E-state index in [1.807, 2.05) is 30.3 Å². The number of carbonyl (C=O) groups excluding carboxylic acids is 2. The van der Waals surface area contributed by atoms with Gasteiger partial charge in [-0.15, -0.1) is 0 Å². The number of nitrogens with zero attached hydrogens (tertiary/aromatic N) is 2. The molecule has 2 fully saturated rings. The monoisotopic (exact) mass is 389 g/mol. The third kappa shape index (κ3) is 5.23. The van der Waals surface area contributed by atoms with Crippen molar-refractivity contribution in [1.82, 2.24) is 15.1 Å². The molecule has 2 amide bonds. The quantitative estimate of drug-likeness (QED) is 0.740. The van der Waals surface area contributed by atoms with Gasteiger partial charge in [-0.3, -0.25) is 4.79 Å². The first-order valence-corrected chi connectivity index (χ1v) is 9.98. The SMILES string of the molecule is CN(C)C(=O)[C@H](CCN1CCC2(CC2)C(O)C1)NC(=O)OCc1ccccc1. The fourth-order valence-corrected chi connectivity index (χ4v) is 3.81. The van der Waals surface area contributed by atoms with Gasteiger partial charge in [0.2, 0.25) is 5.91 Å². The Morgan fingerprint density at radius 2 is 2.00 bits per heavy atom. The van der Waals surface area contributed by atoms with Crippen LogP contribution >= 0.6 is 0 Å². The summed E-state index contributed by atoms with van der Waals surface area (Å²) < 4.78 is 5.26. The first kappa shape index (κ1) is 20.6. The molecule has 2 N–H and O–H groups in total. The fourth-order valence-electron chi connectivity index (χ4n) is 3.81. The molecule has 7 nitrogen and oxygen atoms in total. The van der Waals surface area contributed by atoms with Crippen molar-refractivity contribution in [2.24, 2.45) is 5.41 Å². The summed E-state index contributed by atoms with van der Waals surface area (Å²) in [5.74, 6) is -0.159. The van der Waals surface area contributed by atoms with Gasteiger partial charge in [0.25, 0.3) is 0 Å². The highest BCUT2D eigenvalue weighted by atomic mass is 16.5. The number of ether oxygens (including phenoxy) is 1. The molecule has 2 aliphatic rings. The number of carbonyl (C=O) groups is 2. The molecule has 1 spiro atoms. The Bertz CT molecular complexity index is 675. The maximum atomic E-state index is 12.5. The Morgan fingerprint density at radius 1 is 1.29 bits per heavy atom. The lowest BCUT2D eigenvalue weighted by Gasteiger charge is -2.37. The smallest absolute Gasteiger partial charge is 0.408 e. The molecule has 154 valence electrons. The predicted octanol–water partition coefficient (Wildman–Crippen LogP) is 1.61. The Morgan fingerprint density at radius 3 is 2.61 bits per heavy atom. The first-order valence-electron chi connectivity index (χ1n) is 9.98. The van der Waals surface area contributed by atoms with Crippen LogP contribution in [0.15, 0.2) is 30.3 Å². The summed E-state index contributed by atoms with van der Waals surface area (Å²) in [7, 11) is 3.35. The highest BCUT2D eigenvalue weighted by molar-refractivity contribution is 5.85. The second-order valence-corrected chi connectivity index (χ2v) is 8.21. The molecule has 7 heteroatoms. The Hall–Kier alpha value is -2.12. The molecule has 2 atom stereocenters. The third-order valence-electron chi connectivity index (χ3n) is 5.93. The molecule has 1 aromatic rings. The van der Waals surface area contributed by atoms with E-state index in [0.717, 1.165) is 31.4 Å². The van der Waals surface area contributed by atoms with Gasteiger partial charge in [-0.2, -0.15) is 0 Å². The predicted molar refractivity (Wildman–Crippen MR) is 106 cm³/mol. The van der Waals surface area contributed by atoms with Crippen molar-refractivity contribution >= 4 is 12.0 Å². The number of β-amino-alcohol motifs (C(OH)–C–C–N with tert-alkyl or cyclic N) is 1. The molecule has 0 aromatic heterocycles. The van der Waals surface area contributed by atoms with E-state index in [9.17, 15) is 14.7 Å². The van der Waals surface area contributed by atoms with Crippen LogP contribution in [0.1, 0.15) is 31.2 Å². The number of piperidine rings is 1. The van der Waals surface area contributed by atoms with Crippen molar-refractivity contribution in [2.75, 3.05) is 33.7 Å². The summed E-state index contributed by atoms with van der Waals surface area (Å²) in [5, 5.41) is 13.1. The highest BCUT2D eigenvalue weighted by Gasteiger charge is 2.51. The Kier molecular flexibility index (Phi) is 6.57. The number of likely N-dealkylation sites (N-methyl/N-ethyl adjacent to an activating group) is 1.